The summed E-state index contributed by atoms with van der Waals surface area (Å²) in [4.78, 5) is 12.0. The van der Waals surface area contributed by atoms with Crippen LogP contribution >= 0.6 is 0 Å². The number of Topliss-reactive ketones (excluding diaryl/α,β-unsaturated/α-hetero) is 1. The van der Waals surface area contributed by atoms with E-state index in [4.69, 9.17) is 18.9 Å². The molecule has 25 heavy (non-hydrogen) atoms. The van der Waals surface area contributed by atoms with Crippen LogP contribution in [0, 0.1) is 0 Å². The van der Waals surface area contributed by atoms with Crippen molar-refractivity contribution in [3.63, 3.8) is 0 Å². The van der Waals surface area contributed by atoms with Gasteiger partial charge in [-0.2, -0.15) is 0 Å². The van der Waals surface area contributed by atoms with Crippen molar-refractivity contribution in [2.75, 3.05) is 13.4 Å². The van der Waals surface area contributed by atoms with Crippen molar-refractivity contribution >= 4 is 5.78 Å². The van der Waals surface area contributed by atoms with Gasteiger partial charge in [0.05, 0.1) is 6.61 Å². The molecule has 2 aliphatic rings. The fourth-order valence-corrected chi connectivity index (χ4v) is 2.72. The zero-order chi connectivity index (χ0) is 18.1. The van der Waals surface area contributed by atoms with Crippen LogP contribution in [0.2, 0.25) is 0 Å². The Kier molecular flexibility index (Phi) is 5.11. The monoisotopic (exact) mass is 356 g/mol. The maximum atomic E-state index is 12.0. The molecule has 0 aromatic heterocycles. The van der Waals surface area contributed by atoms with E-state index in [9.17, 15) is 25.2 Å². The number of hydrogen-bond acceptors (Lipinski definition) is 9. The normalized spacial score (nSPS) is 31.0. The first-order valence-electron chi connectivity index (χ1n) is 7.90. The Morgan fingerprint density at radius 1 is 1.20 bits per heavy atom. The number of aliphatic hydroxyl groups is 4. The highest BCUT2D eigenvalue weighted by atomic mass is 16.7. The molecule has 0 saturated carbocycles. The highest BCUT2D eigenvalue weighted by Gasteiger charge is 2.45. The number of ether oxygens (including phenoxy) is 4. The third-order valence-corrected chi connectivity index (χ3v) is 4.17. The molecule has 4 N–H and O–H groups in total. The van der Waals surface area contributed by atoms with Crippen LogP contribution in [0.5, 0.6) is 17.2 Å². The van der Waals surface area contributed by atoms with Crippen molar-refractivity contribution in [3.8, 4) is 17.2 Å². The Morgan fingerprint density at radius 3 is 2.64 bits per heavy atom. The molecule has 9 nitrogen and oxygen atoms in total. The van der Waals surface area contributed by atoms with E-state index in [1.54, 1.807) is 6.92 Å². The number of carbonyl (C=O) groups is 1. The van der Waals surface area contributed by atoms with Gasteiger partial charge in [-0.25, -0.2) is 0 Å². The second-order valence-electron chi connectivity index (χ2n) is 5.80. The average molecular weight is 356 g/mol. The van der Waals surface area contributed by atoms with Gasteiger partial charge in [-0.3, -0.25) is 4.79 Å². The van der Waals surface area contributed by atoms with Gasteiger partial charge >= 0.3 is 0 Å². The Bertz CT molecular complexity index is 645. The molecular weight excluding hydrogens is 336 g/mol. The summed E-state index contributed by atoms with van der Waals surface area (Å²) in [6, 6.07) is 2.97. The van der Waals surface area contributed by atoms with Crippen LogP contribution in [0.3, 0.4) is 0 Å². The lowest BCUT2D eigenvalue weighted by molar-refractivity contribution is -0.277. The van der Waals surface area contributed by atoms with Gasteiger partial charge in [0.1, 0.15) is 24.4 Å². The maximum absolute atomic E-state index is 12.0. The fraction of sp³-hybridized carbons (Fsp3) is 0.562. The molecule has 9 heteroatoms. The van der Waals surface area contributed by atoms with E-state index >= 15 is 0 Å². The number of hydrogen-bond donors (Lipinski definition) is 4. The average Bonchev–Trinajstić information content (AvgIpc) is 3.10. The molecule has 1 saturated heterocycles. The Labute approximate surface area is 143 Å². The number of carbonyl (C=O) groups excluding carboxylic acids is 1. The summed E-state index contributed by atoms with van der Waals surface area (Å²) in [7, 11) is 0. The second-order valence-corrected chi connectivity index (χ2v) is 5.80. The molecular formula is C16H20O9. The van der Waals surface area contributed by atoms with E-state index < -0.39 is 37.3 Å². The molecule has 0 aliphatic carbocycles. The first-order valence-corrected chi connectivity index (χ1v) is 7.90. The predicted molar refractivity (Wildman–Crippen MR) is 81.6 cm³/mol. The Morgan fingerprint density at radius 2 is 1.96 bits per heavy atom. The van der Waals surface area contributed by atoms with Crippen molar-refractivity contribution in [1.29, 1.82) is 0 Å². The molecule has 3 rings (SSSR count). The van der Waals surface area contributed by atoms with Crippen molar-refractivity contribution in [2.24, 2.45) is 0 Å². The molecule has 2 aliphatic heterocycles. The van der Waals surface area contributed by atoms with Crippen molar-refractivity contribution in [3.05, 3.63) is 17.7 Å². The molecule has 2 heterocycles. The summed E-state index contributed by atoms with van der Waals surface area (Å²) in [6.07, 6.45) is -6.83. The number of benzene rings is 1. The van der Waals surface area contributed by atoms with Crippen molar-refractivity contribution < 1.29 is 44.2 Å². The molecule has 138 valence electrons. The van der Waals surface area contributed by atoms with Crippen LogP contribution in [0.15, 0.2) is 12.1 Å². The highest BCUT2D eigenvalue weighted by Crippen LogP contribution is 2.43. The van der Waals surface area contributed by atoms with Gasteiger partial charge in [0.15, 0.2) is 17.3 Å². The van der Waals surface area contributed by atoms with Crippen LogP contribution < -0.4 is 14.2 Å². The van der Waals surface area contributed by atoms with E-state index in [1.165, 1.54) is 12.1 Å². The standard InChI is InChI=1S/C16H20O9/c1-2-8(18)7-3-9-15(23-6-22-9)10(4-7)24-16-14(21)13(20)12(19)11(5-17)25-16/h3-4,11-14,16-17,19-21H,2,5-6H2,1H3/t11-,12-,13+,14-,16-/m1/s1. The van der Waals surface area contributed by atoms with Gasteiger partial charge in [0.2, 0.25) is 18.8 Å². The molecule has 1 aromatic carbocycles. The van der Waals surface area contributed by atoms with Crippen LogP contribution in [-0.2, 0) is 4.74 Å². The zero-order valence-electron chi connectivity index (χ0n) is 13.5. The number of aliphatic hydroxyl groups excluding tert-OH is 4. The zero-order valence-corrected chi connectivity index (χ0v) is 13.5. The van der Waals surface area contributed by atoms with Gasteiger partial charge in [0.25, 0.3) is 0 Å². The van der Waals surface area contributed by atoms with E-state index in [2.05, 4.69) is 0 Å². The lowest BCUT2D eigenvalue weighted by atomic mass is 9.99. The summed E-state index contributed by atoms with van der Waals surface area (Å²) in [5, 5.41) is 39.0. The molecule has 1 fully saturated rings. The van der Waals surface area contributed by atoms with Gasteiger partial charge in [-0.15, -0.1) is 0 Å². The summed E-state index contributed by atoms with van der Waals surface area (Å²) in [5.41, 5.74) is 0.339. The smallest absolute Gasteiger partial charge is 0.231 e. The molecule has 0 amide bonds. The quantitative estimate of drug-likeness (QED) is 0.499. The molecule has 1 aromatic rings. The minimum absolute atomic E-state index is 0.0514. The van der Waals surface area contributed by atoms with E-state index in [-0.39, 0.29) is 30.5 Å². The summed E-state index contributed by atoms with van der Waals surface area (Å²) in [6.45, 7) is 1.09. The largest absolute Gasteiger partial charge is 0.458 e. The molecule has 0 radical (unpaired) electrons. The fourth-order valence-electron chi connectivity index (χ4n) is 2.72. The first-order chi connectivity index (χ1) is 12.0. The van der Waals surface area contributed by atoms with E-state index in [1.807, 2.05) is 0 Å². The molecule has 0 bridgehead atoms. The van der Waals surface area contributed by atoms with Gasteiger partial charge in [-0.05, 0) is 12.1 Å². The molecule has 5 atom stereocenters. The number of rotatable bonds is 5. The maximum Gasteiger partial charge on any atom is 0.231 e. The van der Waals surface area contributed by atoms with Crippen molar-refractivity contribution in [2.45, 2.75) is 44.1 Å². The van der Waals surface area contributed by atoms with Crippen LogP contribution in [0.25, 0.3) is 0 Å². The third-order valence-electron chi connectivity index (χ3n) is 4.17. The topological polar surface area (TPSA) is 135 Å². The first kappa shape index (κ1) is 17.9. The Hall–Kier alpha value is -1.91. The van der Waals surface area contributed by atoms with Crippen LogP contribution in [-0.4, -0.2) is 70.3 Å². The summed E-state index contributed by atoms with van der Waals surface area (Å²) < 4.78 is 21.5. The summed E-state index contributed by atoms with van der Waals surface area (Å²) >= 11 is 0. The lowest BCUT2D eigenvalue weighted by Crippen LogP contribution is -2.60. The van der Waals surface area contributed by atoms with Gasteiger partial charge in [0, 0.05) is 12.0 Å². The van der Waals surface area contributed by atoms with Crippen LogP contribution in [0.1, 0.15) is 23.7 Å². The van der Waals surface area contributed by atoms with Crippen molar-refractivity contribution in [1.82, 2.24) is 0 Å². The van der Waals surface area contributed by atoms with Crippen LogP contribution in [0.4, 0.5) is 0 Å². The van der Waals surface area contributed by atoms with E-state index in [0.29, 0.717) is 11.3 Å². The van der Waals surface area contributed by atoms with Gasteiger partial charge < -0.3 is 39.4 Å². The molecule has 0 spiro atoms. The second kappa shape index (κ2) is 7.14. The lowest BCUT2D eigenvalue weighted by Gasteiger charge is -2.39. The van der Waals surface area contributed by atoms with E-state index in [0.717, 1.165) is 0 Å². The molecule has 0 unspecified atom stereocenters. The van der Waals surface area contributed by atoms with Gasteiger partial charge in [-0.1, -0.05) is 6.92 Å². The third kappa shape index (κ3) is 3.29. The predicted octanol–water partition coefficient (Wildman–Crippen LogP) is -0.813. The minimum atomic E-state index is -1.57. The summed E-state index contributed by atoms with van der Waals surface area (Å²) in [5.74, 6) is 0.511. The minimum Gasteiger partial charge on any atom is -0.458 e. The SMILES string of the molecule is CCC(=O)c1cc2c(c(O[C@@H]3O[C@H](CO)[C@@H](O)[C@H](O)[C@H]3O)c1)OCO2. The highest BCUT2D eigenvalue weighted by molar-refractivity contribution is 5.97. The Balaban J connectivity index is 1.89. The number of ketones is 1. The number of fused-ring (bicyclic) bond motifs is 1.